The molecule has 5 heteroatoms. The molecule has 0 aliphatic carbocycles. The van der Waals surface area contributed by atoms with Crippen molar-refractivity contribution in [3.05, 3.63) is 26.9 Å². The second-order valence-corrected chi connectivity index (χ2v) is 6.04. The van der Waals surface area contributed by atoms with E-state index in [1.807, 2.05) is 0 Å². The zero-order valence-electron chi connectivity index (χ0n) is 11.1. The lowest BCUT2D eigenvalue weighted by molar-refractivity contribution is 0.177. The van der Waals surface area contributed by atoms with Gasteiger partial charge in [-0.15, -0.1) is 0 Å². The maximum atomic E-state index is 14.3. The van der Waals surface area contributed by atoms with Crippen LogP contribution in [0, 0.1) is 5.82 Å². The van der Waals surface area contributed by atoms with Gasteiger partial charge < -0.3 is 10.1 Å². The van der Waals surface area contributed by atoms with E-state index < -0.39 is 0 Å². The highest BCUT2D eigenvalue weighted by Crippen LogP contribution is 2.46. The largest absolute Gasteiger partial charge is 0.487 e. The van der Waals surface area contributed by atoms with Crippen molar-refractivity contribution in [3.8, 4) is 5.75 Å². The number of nitrogens with one attached hydrogen (secondary N) is 1. The molecule has 0 saturated heterocycles. The van der Waals surface area contributed by atoms with Gasteiger partial charge in [0.1, 0.15) is 17.7 Å². The molecular weight excluding hydrogens is 333 g/mol. The molecule has 2 nitrogen and oxygen atoms in total. The second-order valence-electron chi connectivity index (χ2n) is 4.77. The number of hydrogen-bond donors (Lipinski definition) is 1. The SMILES string of the molecule is CCCNC1c2c(F)c(Cl)cc(Br)c2OC1CCC. The van der Waals surface area contributed by atoms with Crippen LogP contribution in [0.3, 0.4) is 0 Å². The quantitative estimate of drug-likeness (QED) is 0.767. The number of fused-ring (bicyclic) bond motifs is 1. The minimum absolute atomic E-state index is 0.0317. The molecule has 0 spiro atoms. The molecule has 2 unspecified atom stereocenters. The molecule has 0 aromatic heterocycles. The molecule has 0 radical (unpaired) electrons. The van der Waals surface area contributed by atoms with Crippen molar-refractivity contribution < 1.29 is 9.13 Å². The maximum absolute atomic E-state index is 14.3. The summed E-state index contributed by atoms with van der Waals surface area (Å²) in [6, 6.07) is 1.44. The Kier molecular flexibility index (Phi) is 5.09. The van der Waals surface area contributed by atoms with Crippen LogP contribution in [-0.2, 0) is 0 Å². The number of halogens is 3. The smallest absolute Gasteiger partial charge is 0.150 e. The van der Waals surface area contributed by atoms with Gasteiger partial charge in [-0.25, -0.2) is 4.39 Å². The van der Waals surface area contributed by atoms with Crippen molar-refractivity contribution in [2.75, 3.05) is 6.54 Å². The minimum atomic E-state index is -0.368. The Hall–Kier alpha value is -0.320. The van der Waals surface area contributed by atoms with E-state index in [0.29, 0.717) is 11.3 Å². The topological polar surface area (TPSA) is 21.3 Å². The Bertz CT molecular complexity index is 469. The monoisotopic (exact) mass is 349 g/mol. The summed E-state index contributed by atoms with van der Waals surface area (Å²) in [6.07, 6.45) is 2.85. The Balaban J connectivity index is 2.40. The first-order chi connectivity index (χ1) is 9.10. The van der Waals surface area contributed by atoms with Crippen molar-refractivity contribution in [1.82, 2.24) is 5.32 Å². The van der Waals surface area contributed by atoms with Gasteiger partial charge in [0.15, 0.2) is 0 Å². The fraction of sp³-hybridized carbons (Fsp3) is 0.571. The summed E-state index contributed by atoms with van der Waals surface area (Å²) in [5.41, 5.74) is 0.561. The highest BCUT2D eigenvalue weighted by atomic mass is 79.9. The van der Waals surface area contributed by atoms with E-state index in [1.54, 1.807) is 6.07 Å². The first-order valence-corrected chi connectivity index (χ1v) is 7.84. The summed E-state index contributed by atoms with van der Waals surface area (Å²) < 4.78 is 20.9. The predicted molar refractivity (Wildman–Crippen MR) is 79.5 cm³/mol. The lowest BCUT2D eigenvalue weighted by atomic mass is 10.00. The molecule has 1 N–H and O–H groups in total. The van der Waals surface area contributed by atoms with Crippen molar-refractivity contribution in [1.29, 1.82) is 0 Å². The summed E-state index contributed by atoms with van der Waals surface area (Å²) in [5.74, 6) is 0.223. The molecule has 2 rings (SSSR count). The number of rotatable bonds is 5. The maximum Gasteiger partial charge on any atom is 0.150 e. The van der Waals surface area contributed by atoms with Gasteiger partial charge in [0, 0.05) is 0 Å². The van der Waals surface area contributed by atoms with E-state index in [4.69, 9.17) is 16.3 Å². The van der Waals surface area contributed by atoms with Crippen LogP contribution < -0.4 is 10.1 Å². The molecule has 1 aliphatic rings. The Morgan fingerprint density at radius 1 is 1.42 bits per heavy atom. The average molecular weight is 351 g/mol. The van der Waals surface area contributed by atoms with Crippen LogP contribution in [0.5, 0.6) is 5.75 Å². The van der Waals surface area contributed by atoms with E-state index in [2.05, 4.69) is 35.1 Å². The summed E-state index contributed by atoms with van der Waals surface area (Å²) >= 11 is 9.34. The summed E-state index contributed by atoms with van der Waals surface area (Å²) in [7, 11) is 0. The van der Waals surface area contributed by atoms with Crippen LogP contribution >= 0.6 is 27.5 Å². The lowest BCUT2D eigenvalue weighted by Crippen LogP contribution is -2.31. The summed E-state index contributed by atoms with van der Waals surface area (Å²) in [6.45, 7) is 5.02. The molecule has 0 bridgehead atoms. The minimum Gasteiger partial charge on any atom is -0.487 e. The molecule has 0 fully saturated rings. The third-order valence-corrected chi connectivity index (χ3v) is 4.16. The molecule has 1 heterocycles. The highest BCUT2D eigenvalue weighted by molar-refractivity contribution is 9.10. The van der Waals surface area contributed by atoms with Crippen LogP contribution in [0.25, 0.3) is 0 Å². The van der Waals surface area contributed by atoms with Crippen molar-refractivity contribution in [3.63, 3.8) is 0 Å². The number of ether oxygens (including phenoxy) is 1. The van der Waals surface area contributed by atoms with Crippen LogP contribution in [0.2, 0.25) is 5.02 Å². The third-order valence-electron chi connectivity index (χ3n) is 3.30. The van der Waals surface area contributed by atoms with Gasteiger partial charge in [-0.2, -0.15) is 0 Å². The second kappa shape index (κ2) is 6.42. The van der Waals surface area contributed by atoms with Gasteiger partial charge in [0.25, 0.3) is 0 Å². The van der Waals surface area contributed by atoms with Gasteiger partial charge in [-0.3, -0.25) is 0 Å². The molecule has 2 atom stereocenters. The summed E-state index contributed by atoms with van der Waals surface area (Å²) in [5, 5.41) is 3.51. The normalized spacial score (nSPS) is 21.3. The van der Waals surface area contributed by atoms with Gasteiger partial charge in [0.05, 0.1) is 21.1 Å². The van der Waals surface area contributed by atoms with Crippen molar-refractivity contribution >= 4 is 27.5 Å². The fourth-order valence-corrected chi connectivity index (χ4v) is 3.32. The van der Waals surface area contributed by atoms with Crippen LogP contribution in [0.15, 0.2) is 10.5 Å². The van der Waals surface area contributed by atoms with E-state index >= 15 is 0 Å². The highest BCUT2D eigenvalue weighted by Gasteiger charge is 2.38. The first kappa shape index (κ1) is 15.1. The molecule has 106 valence electrons. The lowest BCUT2D eigenvalue weighted by Gasteiger charge is -2.19. The standard InChI is InChI=1S/C14H18BrClFNO/c1-3-5-10-13(18-6-4-2)11-12(17)9(16)7-8(15)14(11)19-10/h7,10,13,18H,3-6H2,1-2H3. The van der Waals surface area contributed by atoms with Crippen LogP contribution in [0.4, 0.5) is 4.39 Å². The zero-order valence-corrected chi connectivity index (χ0v) is 13.4. The number of hydrogen-bond acceptors (Lipinski definition) is 2. The molecule has 19 heavy (non-hydrogen) atoms. The van der Waals surface area contributed by atoms with E-state index in [-0.39, 0.29) is 23.0 Å². The Labute approximate surface area is 126 Å². The van der Waals surface area contributed by atoms with Crippen LogP contribution in [0.1, 0.15) is 44.7 Å². The fourth-order valence-electron chi connectivity index (χ4n) is 2.44. The van der Waals surface area contributed by atoms with Gasteiger partial charge in [0.2, 0.25) is 0 Å². The van der Waals surface area contributed by atoms with Crippen molar-refractivity contribution in [2.45, 2.75) is 45.3 Å². The number of benzene rings is 1. The van der Waals surface area contributed by atoms with E-state index in [0.717, 1.165) is 30.3 Å². The zero-order chi connectivity index (χ0) is 14.0. The van der Waals surface area contributed by atoms with Gasteiger partial charge in [-0.05, 0) is 41.4 Å². The third kappa shape index (κ3) is 2.91. The molecule has 0 saturated carbocycles. The molecule has 0 amide bonds. The average Bonchev–Trinajstić information content (AvgIpc) is 2.73. The first-order valence-electron chi connectivity index (χ1n) is 6.67. The van der Waals surface area contributed by atoms with E-state index in [9.17, 15) is 4.39 Å². The van der Waals surface area contributed by atoms with E-state index in [1.165, 1.54) is 0 Å². The molecule has 1 aromatic carbocycles. The Morgan fingerprint density at radius 3 is 2.79 bits per heavy atom. The predicted octanol–water partition coefficient (Wildman–Crippen LogP) is 4.84. The summed E-state index contributed by atoms with van der Waals surface area (Å²) in [4.78, 5) is 0. The molecule has 1 aliphatic heterocycles. The van der Waals surface area contributed by atoms with Gasteiger partial charge in [-0.1, -0.05) is 31.9 Å². The molecular formula is C14H18BrClFNO. The van der Waals surface area contributed by atoms with Gasteiger partial charge >= 0.3 is 0 Å². The Morgan fingerprint density at radius 2 is 2.16 bits per heavy atom. The van der Waals surface area contributed by atoms with Crippen molar-refractivity contribution in [2.24, 2.45) is 0 Å². The molecule has 1 aromatic rings. The van der Waals surface area contributed by atoms with Crippen LogP contribution in [-0.4, -0.2) is 12.6 Å².